The second-order valence-corrected chi connectivity index (χ2v) is 8.82. The first-order valence-corrected chi connectivity index (χ1v) is 10.2. The van der Waals surface area contributed by atoms with E-state index < -0.39 is 10.0 Å². The lowest BCUT2D eigenvalue weighted by Crippen LogP contribution is -3.12. The monoisotopic (exact) mass is 387 g/mol. The van der Waals surface area contributed by atoms with Crippen LogP contribution in [-0.4, -0.2) is 64.2 Å². The van der Waals surface area contributed by atoms with Gasteiger partial charge in [0.1, 0.15) is 5.75 Å². The van der Waals surface area contributed by atoms with Gasteiger partial charge in [-0.25, -0.2) is 8.42 Å². The number of sulfonamides is 1. The molecule has 25 heavy (non-hydrogen) atoms. The highest BCUT2D eigenvalue weighted by Gasteiger charge is 2.29. The standard InChI is InChI=1S/C16H26N4O3S2/c1-12(2)17-16(24)18-14-11-13(5-6-15(14)23-4)25(21,22)20-9-7-19(3)8-10-20/h5-6,11-12H,7-10H2,1-4H3,(H2,17,18,24)/p+1. The fraction of sp³-hybridized carbons (Fsp3) is 0.562. The van der Waals surface area contributed by atoms with Crippen LogP contribution in [0.2, 0.25) is 0 Å². The summed E-state index contributed by atoms with van der Waals surface area (Å²) in [5.41, 5.74) is 0.529. The highest BCUT2D eigenvalue weighted by molar-refractivity contribution is 7.89. The van der Waals surface area contributed by atoms with Gasteiger partial charge in [-0.05, 0) is 44.3 Å². The van der Waals surface area contributed by atoms with Crippen LogP contribution in [0.3, 0.4) is 0 Å². The number of quaternary nitrogens is 1. The van der Waals surface area contributed by atoms with Crippen LogP contribution >= 0.6 is 12.2 Å². The van der Waals surface area contributed by atoms with Crippen LogP contribution in [-0.2, 0) is 10.0 Å². The lowest BCUT2D eigenvalue weighted by Gasteiger charge is -2.29. The van der Waals surface area contributed by atoms with Crippen LogP contribution in [0.25, 0.3) is 0 Å². The number of nitrogens with one attached hydrogen (secondary N) is 3. The van der Waals surface area contributed by atoms with Crippen LogP contribution in [0.5, 0.6) is 5.75 Å². The number of ether oxygens (including phenoxy) is 1. The highest BCUT2D eigenvalue weighted by Crippen LogP contribution is 2.29. The molecule has 1 aliphatic heterocycles. The molecule has 1 aromatic rings. The van der Waals surface area contributed by atoms with Crippen molar-refractivity contribution >= 4 is 33.0 Å². The minimum atomic E-state index is -3.53. The molecule has 0 bridgehead atoms. The van der Waals surface area contributed by atoms with Gasteiger partial charge >= 0.3 is 0 Å². The van der Waals surface area contributed by atoms with Gasteiger partial charge in [-0.1, -0.05) is 0 Å². The van der Waals surface area contributed by atoms with Crippen molar-refractivity contribution in [3.63, 3.8) is 0 Å². The lowest BCUT2D eigenvalue weighted by molar-refractivity contribution is -0.883. The molecular formula is C16H27N4O3S2+. The van der Waals surface area contributed by atoms with Gasteiger partial charge in [0.2, 0.25) is 10.0 Å². The molecule has 0 radical (unpaired) electrons. The van der Waals surface area contributed by atoms with E-state index in [1.54, 1.807) is 18.2 Å². The van der Waals surface area contributed by atoms with Crippen molar-refractivity contribution in [2.24, 2.45) is 0 Å². The molecule has 0 saturated carbocycles. The number of hydrogen-bond acceptors (Lipinski definition) is 4. The predicted octanol–water partition coefficient (Wildman–Crippen LogP) is -0.0910. The molecular weight excluding hydrogens is 360 g/mol. The fourth-order valence-electron chi connectivity index (χ4n) is 2.62. The Morgan fingerprint density at radius 2 is 1.96 bits per heavy atom. The first kappa shape index (κ1) is 19.9. The third kappa shape index (κ3) is 5.04. The molecule has 1 saturated heterocycles. The van der Waals surface area contributed by atoms with Gasteiger partial charge in [0.05, 0.1) is 50.9 Å². The number of piperazine rings is 1. The quantitative estimate of drug-likeness (QED) is 0.613. The molecule has 3 N–H and O–H groups in total. The third-order valence-electron chi connectivity index (χ3n) is 4.05. The number of benzene rings is 1. The van der Waals surface area contributed by atoms with E-state index in [-0.39, 0.29) is 10.9 Å². The maximum Gasteiger partial charge on any atom is 0.243 e. The average Bonchev–Trinajstić information content (AvgIpc) is 2.54. The Kier molecular flexibility index (Phi) is 6.61. The van der Waals surface area contributed by atoms with Crippen LogP contribution in [0.4, 0.5) is 5.69 Å². The summed E-state index contributed by atoms with van der Waals surface area (Å²) in [6.45, 7) is 6.61. The van der Waals surface area contributed by atoms with Crippen LogP contribution < -0.4 is 20.3 Å². The number of anilines is 1. The molecule has 0 amide bonds. The van der Waals surface area contributed by atoms with Gasteiger partial charge in [-0.15, -0.1) is 0 Å². The minimum absolute atomic E-state index is 0.172. The highest BCUT2D eigenvalue weighted by atomic mass is 32.2. The summed E-state index contributed by atoms with van der Waals surface area (Å²) in [5, 5.41) is 6.52. The molecule has 0 atom stereocenters. The second-order valence-electron chi connectivity index (χ2n) is 6.48. The maximum absolute atomic E-state index is 12.9. The molecule has 1 fully saturated rings. The van der Waals surface area contributed by atoms with Gasteiger partial charge in [-0.3, -0.25) is 0 Å². The topological polar surface area (TPSA) is 75.1 Å². The molecule has 0 spiro atoms. The van der Waals surface area contributed by atoms with Crippen molar-refractivity contribution in [2.45, 2.75) is 24.8 Å². The molecule has 140 valence electrons. The van der Waals surface area contributed by atoms with Gasteiger partial charge < -0.3 is 20.3 Å². The van der Waals surface area contributed by atoms with Crippen molar-refractivity contribution in [1.82, 2.24) is 9.62 Å². The summed E-state index contributed by atoms with van der Waals surface area (Å²) in [5.74, 6) is 0.537. The molecule has 0 aliphatic carbocycles. The zero-order valence-corrected chi connectivity index (χ0v) is 16.8. The Labute approximate surface area is 155 Å². The number of rotatable bonds is 5. The molecule has 1 aliphatic rings. The van der Waals surface area contributed by atoms with Crippen molar-refractivity contribution in [3.05, 3.63) is 18.2 Å². The van der Waals surface area contributed by atoms with E-state index in [4.69, 9.17) is 17.0 Å². The first-order chi connectivity index (χ1) is 11.7. The summed E-state index contributed by atoms with van der Waals surface area (Å²) >= 11 is 5.25. The van der Waals surface area contributed by atoms with E-state index >= 15 is 0 Å². The zero-order valence-electron chi connectivity index (χ0n) is 15.1. The van der Waals surface area contributed by atoms with E-state index in [1.165, 1.54) is 16.3 Å². The molecule has 0 aromatic heterocycles. The number of hydrogen-bond donors (Lipinski definition) is 3. The maximum atomic E-state index is 12.9. The van der Waals surface area contributed by atoms with Crippen LogP contribution in [0.15, 0.2) is 23.1 Å². The summed E-state index contributed by atoms with van der Waals surface area (Å²) in [7, 11) is 0.0790. The van der Waals surface area contributed by atoms with Crippen LogP contribution in [0, 0.1) is 0 Å². The Morgan fingerprint density at radius 3 is 2.52 bits per heavy atom. The van der Waals surface area contributed by atoms with Gasteiger partial charge in [0.15, 0.2) is 5.11 Å². The van der Waals surface area contributed by atoms with E-state index in [0.717, 1.165) is 13.1 Å². The van der Waals surface area contributed by atoms with E-state index in [0.29, 0.717) is 29.6 Å². The fourth-order valence-corrected chi connectivity index (χ4v) is 4.44. The first-order valence-electron chi connectivity index (χ1n) is 8.31. The van der Waals surface area contributed by atoms with Gasteiger partial charge in [-0.2, -0.15) is 4.31 Å². The molecule has 2 rings (SSSR count). The Balaban J connectivity index is 2.26. The SMILES string of the molecule is COc1ccc(S(=O)(=O)N2CC[NH+](C)CC2)cc1NC(=S)NC(C)C. The number of methoxy groups -OCH3 is 1. The van der Waals surface area contributed by atoms with E-state index in [1.807, 2.05) is 13.8 Å². The largest absolute Gasteiger partial charge is 0.495 e. The zero-order chi connectivity index (χ0) is 18.6. The normalized spacial score (nSPS) is 16.7. The predicted molar refractivity (Wildman–Crippen MR) is 103 cm³/mol. The Hall–Kier alpha value is -1.42. The summed E-state index contributed by atoms with van der Waals surface area (Å²) in [4.78, 5) is 1.58. The van der Waals surface area contributed by atoms with Gasteiger partial charge in [0.25, 0.3) is 0 Å². The minimum Gasteiger partial charge on any atom is -0.495 e. The van der Waals surface area contributed by atoms with E-state index in [2.05, 4.69) is 17.7 Å². The lowest BCUT2D eigenvalue weighted by atomic mass is 10.3. The van der Waals surface area contributed by atoms with Crippen molar-refractivity contribution in [1.29, 1.82) is 0 Å². The smallest absolute Gasteiger partial charge is 0.243 e. The summed E-state index contributed by atoms with van der Waals surface area (Å²) < 4.78 is 32.7. The third-order valence-corrected chi connectivity index (χ3v) is 6.17. The molecule has 9 heteroatoms. The van der Waals surface area contributed by atoms with Crippen molar-refractivity contribution in [2.75, 3.05) is 45.7 Å². The van der Waals surface area contributed by atoms with Crippen molar-refractivity contribution in [3.8, 4) is 5.75 Å². The van der Waals surface area contributed by atoms with Gasteiger partial charge in [0, 0.05) is 6.04 Å². The number of likely N-dealkylation sites (N-methyl/N-ethyl adjacent to an activating group) is 1. The van der Waals surface area contributed by atoms with Crippen LogP contribution in [0.1, 0.15) is 13.8 Å². The molecule has 7 nitrogen and oxygen atoms in total. The molecule has 0 unspecified atom stereocenters. The Morgan fingerprint density at radius 1 is 1.32 bits per heavy atom. The van der Waals surface area contributed by atoms with E-state index in [9.17, 15) is 8.42 Å². The van der Waals surface area contributed by atoms with Crippen molar-refractivity contribution < 1.29 is 18.1 Å². The Bertz CT molecular complexity index is 714. The average molecular weight is 388 g/mol. The summed E-state index contributed by atoms with van der Waals surface area (Å²) in [6.07, 6.45) is 0. The number of thiocarbonyl (C=S) groups is 1. The molecule has 1 aromatic carbocycles. The number of nitrogens with zero attached hydrogens (tertiary/aromatic N) is 1. The molecule has 1 heterocycles. The summed E-state index contributed by atoms with van der Waals surface area (Å²) in [6, 6.07) is 4.97. The second kappa shape index (κ2) is 8.31.